The van der Waals surface area contributed by atoms with Crippen LogP contribution in [0.15, 0.2) is 24.3 Å². The summed E-state index contributed by atoms with van der Waals surface area (Å²) in [7, 11) is 0. The smallest absolute Gasteiger partial charge is 0.322 e. The molecule has 1 aliphatic rings. The van der Waals surface area contributed by atoms with Crippen molar-refractivity contribution in [3.8, 4) is 0 Å². The number of urea groups is 1. The Balaban J connectivity index is 2.10. The molecule has 0 bridgehead atoms. The van der Waals surface area contributed by atoms with Crippen LogP contribution in [0.2, 0.25) is 0 Å². The van der Waals surface area contributed by atoms with E-state index < -0.39 is 5.97 Å². The van der Waals surface area contributed by atoms with Gasteiger partial charge in [0, 0.05) is 18.3 Å². The number of carbonyl (C=O) groups is 2. The fourth-order valence-corrected chi connectivity index (χ4v) is 2.52. The van der Waals surface area contributed by atoms with Crippen molar-refractivity contribution < 1.29 is 14.7 Å². The summed E-state index contributed by atoms with van der Waals surface area (Å²) >= 11 is 0. The molecule has 1 aromatic carbocycles. The van der Waals surface area contributed by atoms with Gasteiger partial charge in [0.25, 0.3) is 0 Å². The van der Waals surface area contributed by atoms with Crippen LogP contribution in [0.1, 0.15) is 31.7 Å². The van der Waals surface area contributed by atoms with E-state index in [1.54, 1.807) is 0 Å². The van der Waals surface area contributed by atoms with Crippen molar-refractivity contribution in [1.82, 2.24) is 5.32 Å². The number of rotatable bonds is 6. The van der Waals surface area contributed by atoms with E-state index >= 15 is 0 Å². The minimum Gasteiger partial charge on any atom is -0.481 e. The van der Waals surface area contributed by atoms with Crippen LogP contribution in [0.4, 0.5) is 10.5 Å². The summed E-state index contributed by atoms with van der Waals surface area (Å²) < 4.78 is 0. The highest BCUT2D eigenvalue weighted by Crippen LogP contribution is 2.33. The first-order valence-electron chi connectivity index (χ1n) is 7.38. The van der Waals surface area contributed by atoms with E-state index in [1.165, 1.54) is 4.90 Å². The number of hydrogen-bond acceptors (Lipinski definition) is 2. The maximum Gasteiger partial charge on any atom is 0.322 e. The van der Waals surface area contributed by atoms with Gasteiger partial charge in [0.05, 0.1) is 6.42 Å². The molecule has 0 aliphatic heterocycles. The fraction of sp³-hybridized carbons (Fsp3) is 0.500. The summed E-state index contributed by atoms with van der Waals surface area (Å²) in [6, 6.07) is 7.56. The molecule has 1 aromatic rings. The number of hydrogen-bond donors (Lipinski definition) is 2. The normalized spacial score (nSPS) is 19.9. The SMILES string of the molecule is CCC1CC1NC(=O)N(CCC(=O)O)c1ccccc1C. The van der Waals surface area contributed by atoms with Gasteiger partial charge in [-0.2, -0.15) is 0 Å². The molecule has 1 aliphatic carbocycles. The Hall–Kier alpha value is -2.04. The molecule has 21 heavy (non-hydrogen) atoms. The molecule has 0 radical (unpaired) electrons. The molecule has 0 saturated heterocycles. The predicted octanol–water partition coefficient (Wildman–Crippen LogP) is 2.78. The second-order valence-corrected chi connectivity index (χ2v) is 5.54. The summed E-state index contributed by atoms with van der Waals surface area (Å²) in [5.41, 5.74) is 1.73. The zero-order valence-corrected chi connectivity index (χ0v) is 12.5. The van der Waals surface area contributed by atoms with Crippen LogP contribution < -0.4 is 10.2 Å². The molecule has 2 amide bonds. The van der Waals surface area contributed by atoms with E-state index in [4.69, 9.17) is 5.11 Å². The minimum absolute atomic E-state index is 0.0658. The average Bonchev–Trinajstić information content (AvgIpc) is 3.19. The molecule has 1 fully saturated rings. The highest BCUT2D eigenvalue weighted by molar-refractivity contribution is 5.93. The molecule has 0 spiro atoms. The summed E-state index contributed by atoms with van der Waals surface area (Å²) in [6.45, 7) is 4.21. The van der Waals surface area contributed by atoms with Gasteiger partial charge in [-0.05, 0) is 30.9 Å². The second kappa shape index (κ2) is 6.61. The molecular formula is C16H22N2O3. The van der Waals surface area contributed by atoms with Crippen molar-refractivity contribution in [2.45, 2.75) is 39.2 Å². The third-order valence-electron chi connectivity index (χ3n) is 3.96. The first-order chi connectivity index (χ1) is 10.0. The monoisotopic (exact) mass is 290 g/mol. The predicted molar refractivity (Wildman–Crippen MR) is 81.5 cm³/mol. The van der Waals surface area contributed by atoms with Gasteiger partial charge in [0.2, 0.25) is 0 Å². The standard InChI is InChI=1S/C16H22N2O3/c1-3-12-10-13(12)17-16(21)18(9-8-15(19)20)14-7-5-4-6-11(14)2/h4-7,12-13H,3,8-10H2,1-2H3,(H,17,21)(H,19,20). The number of carboxylic acids is 1. The first-order valence-corrected chi connectivity index (χ1v) is 7.38. The average molecular weight is 290 g/mol. The molecule has 1 saturated carbocycles. The Morgan fingerprint density at radius 3 is 2.67 bits per heavy atom. The van der Waals surface area contributed by atoms with Gasteiger partial charge < -0.3 is 10.4 Å². The topological polar surface area (TPSA) is 69.6 Å². The molecule has 5 heteroatoms. The summed E-state index contributed by atoms with van der Waals surface area (Å²) in [4.78, 5) is 24.8. The molecule has 0 aromatic heterocycles. The third kappa shape index (κ3) is 3.97. The van der Waals surface area contributed by atoms with Crippen molar-refractivity contribution in [1.29, 1.82) is 0 Å². The first kappa shape index (κ1) is 15.4. The largest absolute Gasteiger partial charge is 0.481 e. The number of carboxylic acid groups (broad SMARTS) is 1. The molecule has 2 N–H and O–H groups in total. The van der Waals surface area contributed by atoms with E-state index in [9.17, 15) is 9.59 Å². The van der Waals surface area contributed by atoms with Crippen LogP contribution in [-0.2, 0) is 4.79 Å². The third-order valence-corrected chi connectivity index (χ3v) is 3.96. The molecule has 0 heterocycles. The van der Waals surface area contributed by atoms with E-state index in [2.05, 4.69) is 12.2 Å². The Morgan fingerprint density at radius 1 is 1.38 bits per heavy atom. The number of nitrogens with zero attached hydrogens (tertiary/aromatic N) is 1. The maximum absolute atomic E-state index is 12.4. The van der Waals surface area contributed by atoms with Crippen molar-refractivity contribution >= 4 is 17.7 Å². The molecular weight excluding hydrogens is 268 g/mol. The van der Waals surface area contributed by atoms with Gasteiger partial charge in [-0.1, -0.05) is 31.5 Å². The quantitative estimate of drug-likeness (QED) is 0.846. The van der Waals surface area contributed by atoms with E-state index in [-0.39, 0.29) is 25.0 Å². The number of carbonyl (C=O) groups excluding carboxylic acids is 1. The Kier molecular flexibility index (Phi) is 4.83. The molecule has 2 unspecified atom stereocenters. The highest BCUT2D eigenvalue weighted by atomic mass is 16.4. The lowest BCUT2D eigenvalue weighted by atomic mass is 10.2. The van der Waals surface area contributed by atoms with Crippen LogP contribution in [0.5, 0.6) is 0 Å². The van der Waals surface area contributed by atoms with Crippen LogP contribution in [0.3, 0.4) is 0 Å². The number of para-hydroxylation sites is 1. The van der Waals surface area contributed by atoms with Crippen LogP contribution in [0.25, 0.3) is 0 Å². The van der Waals surface area contributed by atoms with Crippen LogP contribution >= 0.6 is 0 Å². The van der Waals surface area contributed by atoms with Crippen molar-refractivity contribution in [2.24, 2.45) is 5.92 Å². The number of aryl methyl sites for hydroxylation is 1. The van der Waals surface area contributed by atoms with Crippen molar-refractivity contribution in [2.75, 3.05) is 11.4 Å². The van der Waals surface area contributed by atoms with Gasteiger partial charge in [-0.3, -0.25) is 9.69 Å². The molecule has 114 valence electrons. The van der Waals surface area contributed by atoms with Crippen LogP contribution in [0, 0.1) is 12.8 Å². The van der Waals surface area contributed by atoms with E-state index in [0.717, 1.165) is 24.1 Å². The number of amides is 2. The Bertz CT molecular complexity index is 530. The van der Waals surface area contributed by atoms with E-state index in [1.807, 2.05) is 31.2 Å². The van der Waals surface area contributed by atoms with Gasteiger partial charge >= 0.3 is 12.0 Å². The van der Waals surface area contributed by atoms with E-state index in [0.29, 0.717) is 5.92 Å². The Labute approximate surface area is 125 Å². The van der Waals surface area contributed by atoms with Crippen LogP contribution in [-0.4, -0.2) is 29.7 Å². The Morgan fingerprint density at radius 2 is 2.10 bits per heavy atom. The molecule has 2 atom stereocenters. The number of anilines is 1. The van der Waals surface area contributed by atoms with Gasteiger partial charge in [0.15, 0.2) is 0 Å². The highest BCUT2D eigenvalue weighted by Gasteiger charge is 2.37. The maximum atomic E-state index is 12.4. The second-order valence-electron chi connectivity index (χ2n) is 5.54. The summed E-state index contributed by atoms with van der Waals surface area (Å²) in [6.07, 6.45) is 2.01. The fourth-order valence-electron chi connectivity index (χ4n) is 2.52. The molecule has 2 rings (SSSR count). The summed E-state index contributed by atoms with van der Waals surface area (Å²) in [5, 5.41) is 11.9. The van der Waals surface area contributed by atoms with Crippen molar-refractivity contribution in [3.05, 3.63) is 29.8 Å². The minimum atomic E-state index is -0.903. The molecule has 5 nitrogen and oxygen atoms in total. The number of aliphatic carboxylic acids is 1. The zero-order chi connectivity index (χ0) is 15.4. The lowest BCUT2D eigenvalue weighted by Gasteiger charge is -2.24. The summed E-state index contributed by atoms with van der Waals surface area (Å²) in [5.74, 6) is -0.341. The lowest BCUT2D eigenvalue weighted by Crippen LogP contribution is -2.43. The number of nitrogens with one attached hydrogen (secondary N) is 1. The zero-order valence-electron chi connectivity index (χ0n) is 12.5. The number of benzene rings is 1. The van der Waals surface area contributed by atoms with Gasteiger partial charge in [0.1, 0.15) is 0 Å². The lowest BCUT2D eigenvalue weighted by molar-refractivity contribution is -0.136. The van der Waals surface area contributed by atoms with Gasteiger partial charge in [-0.25, -0.2) is 4.79 Å². The van der Waals surface area contributed by atoms with Crippen molar-refractivity contribution in [3.63, 3.8) is 0 Å². The van der Waals surface area contributed by atoms with Gasteiger partial charge in [-0.15, -0.1) is 0 Å².